The standard InChI is InChI=1S/C23H17NS2/c1-16-10-12-17(13-11-16)24(20-14-25-22-8-4-2-6-18(20)22)21-15-26-23-9-5-3-7-19(21)23/h2-15H,1H3. The van der Waals surface area contributed by atoms with Crippen molar-refractivity contribution in [3.63, 3.8) is 0 Å². The van der Waals surface area contributed by atoms with Gasteiger partial charge in [0.2, 0.25) is 0 Å². The number of thiophene rings is 2. The lowest BCUT2D eigenvalue weighted by atomic mass is 10.1. The summed E-state index contributed by atoms with van der Waals surface area (Å²) in [5, 5.41) is 7.15. The van der Waals surface area contributed by atoms with E-state index in [2.05, 4.69) is 95.4 Å². The van der Waals surface area contributed by atoms with Crippen LogP contribution in [-0.2, 0) is 0 Å². The van der Waals surface area contributed by atoms with Gasteiger partial charge in [0.1, 0.15) is 0 Å². The van der Waals surface area contributed by atoms with E-state index in [0.29, 0.717) is 0 Å². The van der Waals surface area contributed by atoms with E-state index in [1.54, 1.807) is 22.7 Å². The highest BCUT2D eigenvalue weighted by Gasteiger charge is 2.19. The molecule has 0 atom stereocenters. The molecule has 0 saturated heterocycles. The number of fused-ring (bicyclic) bond motifs is 2. The summed E-state index contributed by atoms with van der Waals surface area (Å²) in [7, 11) is 0. The number of aryl methyl sites for hydroxylation is 1. The van der Waals surface area contributed by atoms with Crippen molar-refractivity contribution in [2.24, 2.45) is 0 Å². The van der Waals surface area contributed by atoms with Crippen LogP contribution in [0, 0.1) is 6.92 Å². The van der Waals surface area contributed by atoms with Gasteiger partial charge < -0.3 is 4.90 Å². The second kappa shape index (κ2) is 6.27. The van der Waals surface area contributed by atoms with E-state index in [9.17, 15) is 0 Å². The highest BCUT2D eigenvalue weighted by atomic mass is 32.1. The fourth-order valence-corrected chi connectivity index (χ4v) is 5.23. The number of hydrogen-bond donors (Lipinski definition) is 0. The first-order chi connectivity index (χ1) is 12.8. The normalized spacial score (nSPS) is 11.3. The number of hydrogen-bond acceptors (Lipinski definition) is 3. The average molecular weight is 372 g/mol. The molecule has 0 N–H and O–H groups in total. The average Bonchev–Trinajstić information content (AvgIpc) is 3.29. The summed E-state index contributed by atoms with van der Waals surface area (Å²) >= 11 is 3.61. The molecule has 5 rings (SSSR count). The molecule has 0 amide bonds. The van der Waals surface area contributed by atoms with Gasteiger partial charge in [0.25, 0.3) is 0 Å². The van der Waals surface area contributed by atoms with Gasteiger partial charge in [0, 0.05) is 36.6 Å². The van der Waals surface area contributed by atoms with Gasteiger partial charge in [-0.1, -0.05) is 54.1 Å². The van der Waals surface area contributed by atoms with Gasteiger partial charge in [-0.25, -0.2) is 0 Å². The zero-order chi connectivity index (χ0) is 17.5. The third kappa shape index (κ3) is 2.52. The summed E-state index contributed by atoms with van der Waals surface area (Å²) < 4.78 is 2.64. The Bertz CT molecular complexity index is 1120. The lowest BCUT2D eigenvalue weighted by molar-refractivity contribution is 1.32. The Morgan fingerprint density at radius 1 is 0.615 bits per heavy atom. The van der Waals surface area contributed by atoms with Crippen LogP contribution in [-0.4, -0.2) is 0 Å². The Morgan fingerprint density at radius 2 is 1.12 bits per heavy atom. The number of benzene rings is 3. The van der Waals surface area contributed by atoms with Crippen LogP contribution in [0.1, 0.15) is 5.56 Å². The van der Waals surface area contributed by atoms with Crippen LogP contribution in [0.4, 0.5) is 17.1 Å². The zero-order valence-electron chi connectivity index (χ0n) is 14.3. The molecule has 2 heterocycles. The number of nitrogens with zero attached hydrogens (tertiary/aromatic N) is 1. The maximum atomic E-state index is 2.40. The third-order valence-electron chi connectivity index (χ3n) is 4.70. The maximum absolute atomic E-state index is 2.40. The van der Waals surface area contributed by atoms with Crippen LogP contribution in [0.2, 0.25) is 0 Å². The van der Waals surface area contributed by atoms with Gasteiger partial charge in [0.05, 0.1) is 11.4 Å². The summed E-state index contributed by atoms with van der Waals surface area (Å²) in [6.45, 7) is 2.13. The predicted molar refractivity (Wildman–Crippen MR) is 117 cm³/mol. The van der Waals surface area contributed by atoms with Crippen LogP contribution in [0.25, 0.3) is 20.2 Å². The minimum Gasteiger partial charge on any atom is -0.308 e. The molecule has 26 heavy (non-hydrogen) atoms. The van der Waals surface area contributed by atoms with Gasteiger partial charge in [-0.3, -0.25) is 0 Å². The van der Waals surface area contributed by atoms with Crippen molar-refractivity contribution in [3.8, 4) is 0 Å². The largest absolute Gasteiger partial charge is 0.308 e. The summed E-state index contributed by atoms with van der Waals surface area (Å²) in [5.41, 5.74) is 4.97. The quantitative estimate of drug-likeness (QED) is 0.311. The SMILES string of the molecule is Cc1ccc(N(c2csc3ccccc23)c2csc3ccccc23)cc1. The van der Waals surface area contributed by atoms with E-state index in [0.717, 1.165) is 0 Å². The highest BCUT2D eigenvalue weighted by molar-refractivity contribution is 7.18. The summed E-state index contributed by atoms with van der Waals surface area (Å²) in [4.78, 5) is 2.40. The Balaban J connectivity index is 1.79. The van der Waals surface area contributed by atoms with Crippen molar-refractivity contribution in [2.45, 2.75) is 6.92 Å². The zero-order valence-corrected chi connectivity index (χ0v) is 16.0. The Labute approximate surface area is 160 Å². The summed E-state index contributed by atoms with van der Waals surface area (Å²) in [6, 6.07) is 26.1. The smallest absolute Gasteiger partial charge is 0.0647 e. The minimum absolute atomic E-state index is 1.20. The molecule has 0 radical (unpaired) electrons. The van der Waals surface area contributed by atoms with Gasteiger partial charge >= 0.3 is 0 Å². The molecule has 0 aliphatic carbocycles. The third-order valence-corrected chi connectivity index (χ3v) is 6.60. The van der Waals surface area contributed by atoms with E-state index in [1.807, 2.05) is 0 Å². The van der Waals surface area contributed by atoms with E-state index >= 15 is 0 Å². The fraction of sp³-hybridized carbons (Fsp3) is 0.0435. The van der Waals surface area contributed by atoms with Crippen molar-refractivity contribution in [1.29, 1.82) is 0 Å². The van der Waals surface area contributed by atoms with E-state index < -0.39 is 0 Å². The lowest BCUT2D eigenvalue weighted by Gasteiger charge is -2.24. The fourth-order valence-electron chi connectivity index (χ4n) is 3.38. The monoisotopic (exact) mass is 371 g/mol. The predicted octanol–water partition coefficient (Wildman–Crippen LogP) is 7.89. The molecule has 0 spiro atoms. The van der Waals surface area contributed by atoms with Gasteiger partial charge in [-0.2, -0.15) is 0 Å². The van der Waals surface area contributed by atoms with Crippen LogP contribution in [0.5, 0.6) is 0 Å². The van der Waals surface area contributed by atoms with E-state index in [1.165, 1.54) is 42.8 Å². The highest BCUT2D eigenvalue weighted by Crippen LogP contribution is 2.45. The Hall–Kier alpha value is -2.62. The van der Waals surface area contributed by atoms with Gasteiger partial charge in [0.15, 0.2) is 0 Å². The first-order valence-corrected chi connectivity index (χ1v) is 10.4. The van der Waals surface area contributed by atoms with E-state index in [-0.39, 0.29) is 0 Å². The molecule has 0 aliphatic heterocycles. The van der Waals surface area contributed by atoms with Crippen LogP contribution < -0.4 is 4.90 Å². The van der Waals surface area contributed by atoms with E-state index in [4.69, 9.17) is 0 Å². The molecule has 3 heteroatoms. The molecule has 1 nitrogen and oxygen atoms in total. The minimum atomic E-state index is 1.20. The molecular weight excluding hydrogens is 354 g/mol. The van der Waals surface area contributed by atoms with Crippen molar-refractivity contribution < 1.29 is 0 Å². The van der Waals surface area contributed by atoms with Crippen molar-refractivity contribution in [2.75, 3.05) is 4.90 Å². The van der Waals surface area contributed by atoms with Crippen LogP contribution >= 0.6 is 22.7 Å². The Morgan fingerprint density at radius 3 is 1.65 bits per heavy atom. The maximum Gasteiger partial charge on any atom is 0.0647 e. The van der Waals surface area contributed by atoms with Gasteiger partial charge in [-0.15, -0.1) is 22.7 Å². The summed E-state index contributed by atoms with van der Waals surface area (Å²) in [6.07, 6.45) is 0. The molecule has 0 aliphatic rings. The lowest BCUT2D eigenvalue weighted by Crippen LogP contribution is -2.08. The van der Waals surface area contributed by atoms with Crippen molar-refractivity contribution in [3.05, 3.63) is 89.1 Å². The molecule has 0 unspecified atom stereocenters. The van der Waals surface area contributed by atoms with Crippen molar-refractivity contribution in [1.82, 2.24) is 0 Å². The molecule has 5 aromatic rings. The molecule has 3 aromatic carbocycles. The molecule has 126 valence electrons. The first kappa shape index (κ1) is 15.6. The first-order valence-electron chi connectivity index (χ1n) is 8.60. The Kier molecular flexibility index (Phi) is 3.77. The van der Waals surface area contributed by atoms with Crippen LogP contribution in [0.15, 0.2) is 83.6 Å². The molecular formula is C23H17NS2. The van der Waals surface area contributed by atoms with Crippen molar-refractivity contribution >= 4 is 59.9 Å². The molecule has 0 saturated carbocycles. The molecule has 0 fully saturated rings. The summed E-state index contributed by atoms with van der Waals surface area (Å²) in [5.74, 6) is 0. The van der Waals surface area contributed by atoms with Gasteiger partial charge in [-0.05, 0) is 31.2 Å². The second-order valence-corrected chi connectivity index (χ2v) is 8.23. The van der Waals surface area contributed by atoms with Crippen LogP contribution in [0.3, 0.4) is 0 Å². The number of anilines is 3. The second-order valence-electron chi connectivity index (χ2n) is 6.41. The molecule has 2 aromatic heterocycles. The number of rotatable bonds is 3. The molecule has 0 bridgehead atoms. The topological polar surface area (TPSA) is 3.24 Å².